The van der Waals surface area contributed by atoms with Crippen molar-refractivity contribution in [1.29, 1.82) is 0 Å². The predicted molar refractivity (Wildman–Crippen MR) is 82.5 cm³/mol. The second kappa shape index (κ2) is 6.37. The minimum Gasteiger partial charge on any atom is -0.337 e. The summed E-state index contributed by atoms with van der Waals surface area (Å²) in [6.45, 7) is 3.58. The number of benzene rings is 1. The molecule has 1 aliphatic rings. The number of fused-ring (bicyclic) bond motifs is 1. The molecule has 1 fully saturated rings. The van der Waals surface area contributed by atoms with E-state index in [2.05, 4.69) is 17.4 Å². The molecule has 0 saturated carbocycles. The van der Waals surface area contributed by atoms with Gasteiger partial charge in [0.1, 0.15) is 0 Å². The van der Waals surface area contributed by atoms with Crippen molar-refractivity contribution in [1.82, 2.24) is 10.2 Å². The average Bonchev–Trinajstić information content (AvgIpc) is 2.64. The van der Waals surface area contributed by atoms with E-state index in [-0.39, 0.29) is 18.3 Å². The monoisotopic (exact) mass is 296 g/mol. The number of hydrogen-bond donors (Lipinski definition) is 1. The van der Waals surface area contributed by atoms with Crippen molar-refractivity contribution in [2.45, 2.75) is 6.42 Å². The van der Waals surface area contributed by atoms with Crippen LogP contribution >= 0.6 is 23.7 Å². The maximum atomic E-state index is 12.4. The first-order valence-corrected chi connectivity index (χ1v) is 7.15. The first kappa shape index (κ1) is 14.3. The number of nitrogens with zero attached hydrogens (tertiary/aromatic N) is 1. The molecule has 19 heavy (non-hydrogen) atoms. The molecule has 2 aromatic rings. The molecule has 0 radical (unpaired) electrons. The summed E-state index contributed by atoms with van der Waals surface area (Å²) in [5, 5.41) is 4.49. The summed E-state index contributed by atoms with van der Waals surface area (Å²) in [5.41, 5.74) is 0. The normalized spacial score (nSPS) is 15.9. The molecule has 1 amide bonds. The van der Waals surface area contributed by atoms with E-state index in [0.717, 1.165) is 37.5 Å². The van der Waals surface area contributed by atoms with Gasteiger partial charge >= 0.3 is 0 Å². The molecule has 102 valence electrons. The molecule has 1 aromatic carbocycles. The molecule has 2 heterocycles. The third-order valence-electron chi connectivity index (χ3n) is 3.26. The van der Waals surface area contributed by atoms with Gasteiger partial charge in [0.2, 0.25) is 0 Å². The van der Waals surface area contributed by atoms with Crippen molar-refractivity contribution in [3.8, 4) is 0 Å². The van der Waals surface area contributed by atoms with E-state index in [1.165, 1.54) is 10.1 Å². The van der Waals surface area contributed by atoms with E-state index < -0.39 is 0 Å². The fourth-order valence-electron chi connectivity index (χ4n) is 2.29. The second-order valence-corrected chi connectivity index (χ2v) is 5.63. The lowest BCUT2D eigenvalue weighted by Gasteiger charge is -2.18. The number of thiophene rings is 1. The summed E-state index contributed by atoms with van der Waals surface area (Å²) < 4.78 is 1.19. The van der Waals surface area contributed by atoms with Crippen LogP contribution in [0.15, 0.2) is 30.3 Å². The van der Waals surface area contributed by atoms with Gasteiger partial charge in [-0.1, -0.05) is 18.2 Å². The minimum atomic E-state index is 0. The molecule has 5 heteroatoms. The molecular weight excluding hydrogens is 280 g/mol. The van der Waals surface area contributed by atoms with Crippen molar-refractivity contribution < 1.29 is 4.79 Å². The van der Waals surface area contributed by atoms with E-state index in [9.17, 15) is 4.79 Å². The zero-order valence-electron chi connectivity index (χ0n) is 10.6. The summed E-state index contributed by atoms with van der Waals surface area (Å²) in [6.07, 6.45) is 1.04. The fourth-order valence-corrected chi connectivity index (χ4v) is 3.32. The molecule has 1 saturated heterocycles. The van der Waals surface area contributed by atoms with Gasteiger partial charge in [0.05, 0.1) is 4.88 Å². The van der Waals surface area contributed by atoms with E-state index in [0.29, 0.717) is 0 Å². The minimum absolute atomic E-state index is 0. The van der Waals surface area contributed by atoms with Crippen molar-refractivity contribution in [3.05, 3.63) is 35.2 Å². The largest absolute Gasteiger partial charge is 0.337 e. The Labute approximate surface area is 123 Å². The molecule has 0 unspecified atom stereocenters. The zero-order valence-corrected chi connectivity index (χ0v) is 12.2. The Kier molecular flexibility index (Phi) is 4.80. The van der Waals surface area contributed by atoms with Crippen LogP contribution in [-0.2, 0) is 0 Å². The smallest absolute Gasteiger partial charge is 0.264 e. The molecule has 3 nitrogen and oxygen atoms in total. The number of carbonyl (C=O) groups is 1. The molecule has 0 bridgehead atoms. The van der Waals surface area contributed by atoms with Gasteiger partial charge in [-0.2, -0.15) is 0 Å². The number of rotatable bonds is 1. The van der Waals surface area contributed by atoms with Gasteiger partial charge in [-0.05, 0) is 30.5 Å². The first-order chi connectivity index (χ1) is 8.84. The van der Waals surface area contributed by atoms with Gasteiger partial charge < -0.3 is 10.2 Å². The predicted octanol–water partition coefficient (Wildman–Crippen LogP) is 2.76. The van der Waals surface area contributed by atoms with Crippen LogP contribution in [0.4, 0.5) is 0 Å². The van der Waals surface area contributed by atoms with Gasteiger partial charge in [0.25, 0.3) is 5.91 Å². The molecule has 0 spiro atoms. The Morgan fingerprint density at radius 2 is 2.05 bits per heavy atom. The first-order valence-electron chi connectivity index (χ1n) is 6.33. The van der Waals surface area contributed by atoms with Gasteiger partial charge in [0.15, 0.2) is 0 Å². The lowest BCUT2D eigenvalue weighted by molar-refractivity contribution is 0.0771. The third kappa shape index (κ3) is 3.08. The van der Waals surface area contributed by atoms with Crippen LogP contribution in [0.3, 0.4) is 0 Å². The number of carbonyl (C=O) groups excluding carboxylic acids is 1. The SMILES string of the molecule is Cl.O=C(c1cc2ccccc2s1)N1CCCNCC1. The summed E-state index contributed by atoms with van der Waals surface area (Å²) in [7, 11) is 0. The highest BCUT2D eigenvalue weighted by Crippen LogP contribution is 2.26. The van der Waals surface area contributed by atoms with Gasteiger partial charge in [0, 0.05) is 24.3 Å². The number of halogens is 1. The van der Waals surface area contributed by atoms with E-state index >= 15 is 0 Å². The fraction of sp³-hybridized carbons (Fsp3) is 0.357. The van der Waals surface area contributed by atoms with E-state index in [4.69, 9.17) is 0 Å². The Morgan fingerprint density at radius 3 is 2.89 bits per heavy atom. The van der Waals surface area contributed by atoms with Crippen LogP contribution < -0.4 is 5.32 Å². The molecular formula is C14H17ClN2OS. The zero-order chi connectivity index (χ0) is 12.4. The van der Waals surface area contributed by atoms with Crippen molar-refractivity contribution in [3.63, 3.8) is 0 Å². The van der Waals surface area contributed by atoms with Crippen LogP contribution in [0.2, 0.25) is 0 Å². The Morgan fingerprint density at radius 1 is 1.21 bits per heavy atom. The van der Waals surface area contributed by atoms with Crippen LogP contribution in [0.5, 0.6) is 0 Å². The number of amides is 1. The highest BCUT2D eigenvalue weighted by atomic mass is 35.5. The van der Waals surface area contributed by atoms with Crippen molar-refractivity contribution >= 4 is 39.7 Å². The standard InChI is InChI=1S/C14H16N2OS.ClH/c17-14(16-8-3-6-15-7-9-16)13-10-11-4-1-2-5-12(11)18-13;/h1-2,4-5,10,15H,3,6-9H2;1H. The van der Waals surface area contributed by atoms with E-state index in [1.54, 1.807) is 11.3 Å². The summed E-state index contributed by atoms with van der Waals surface area (Å²) in [5.74, 6) is 0.180. The molecule has 3 rings (SSSR count). The van der Waals surface area contributed by atoms with Gasteiger partial charge in [-0.15, -0.1) is 23.7 Å². The summed E-state index contributed by atoms with van der Waals surface area (Å²) >= 11 is 1.59. The second-order valence-electron chi connectivity index (χ2n) is 4.54. The molecule has 0 atom stereocenters. The summed E-state index contributed by atoms with van der Waals surface area (Å²) in [6, 6.07) is 10.2. The van der Waals surface area contributed by atoms with Crippen LogP contribution in [0.1, 0.15) is 16.1 Å². The van der Waals surface area contributed by atoms with Crippen LogP contribution in [0.25, 0.3) is 10.1 Å². The van der Waals surface area contributed by atoms with E-state index in [1.807, 2.05) is 23.1 Å². The summed E-state index contributed by atoms with van der Waals surface area (Å²) in [4.78, 5) is 15.3. The average molecular weight is 297 g/mol. The lowest BCUT2D eigenvalue weighted by atomic mass is 10.2. The topological polar surface area (TPSA) is 32.3 Å². The molecule has 1 aliphatic heterocycles. The molecule has 1 N–H and O–H groups in total. The molecule has 1 aromatic heterocycles. The maximum absolute atomic E-state index is 12.4. The Balaban J connectivity index is 0.00000133. The highest BCUT2D eigenvalue weighted by molar-refractivity contribution is 7.20. The Bertz CT molecular complexity index is 528. The number of hydrogen-bond acceptors (Lipinski definition) is 3. The van der Waals surface area contributed by atoms with Crippen molar-refractivity contribution in [2.24, 2.45) is 0 Å². The number of nitrogens with one attached hydrogen (secondary N) is 1. The molecule has 0 aliphatic carbocycles. The lowest BCUT2D eigenvalue weighted by Crippen LogP contribution is -2.33. The van der Waals surface area contributed by atoms with Gasteiger partial charge in [-0.3, -0.25) is 4.79 Å². The Hall–Kier alpha value is -1.10. The maximum Gasteiger partial charge on any atom is 0.264 e. The van der Waals surface area contributed by atoms with Crippen molar-refractivity contribution in [2.75, 3.05) is 26.2 Å². The third-order valence-corrected chi connectivity index (χ3v) is 4.37. The van der Waals surface area contributed by atoms with Crippen LogP contribution in [-0.4, -0.2) is 37.0 Å². The van der Waals surface area contributed by atoms with Crippen LogP contribution in [0, 0.1) is 0 Å². The highest BCUT2D eigenvalue weighted by Gasteiger charge is 2.18. The quantitative estimate of drug-likeness (QED) is 0.877. The van der Waals surface area contributed by atoms with Gasteiger partial charge in [-0.25, -0.2) is 0 Å².